The fourth-order valence-electron chi connectivity index (χ4n) is 3.75. The zero-order chi connectivity index (χ0) is 18.9. The third-order valence-corrected chi connectivity index (χ3v) is 4.83. The van der Waals surface area contributed by atoms with Gasteiger partial charge in [0.25, 0.3) is 0 Å². The number of alkyl halides is 3. The molecule has 2 atom stereocenters. The zero-order valence-electron chi connectivity index (χ0n) is 14.3. The standard InChI is InChI=1S/C20H20F3NO2/c1-13-6-4-7-14(12-13)18(24-11-5-10-17(24)19(25)26)15-8-2-3-9-16(15)20(21,22)23/h2-4,6-9,12,17-18H,5,10-11H2,1H3,(H,25,26). The Labute approximate surface area is 150 Å². The number of benzene rings is 2. The Hall–Kier alpha value is -2.34. The number of hydrogen-bond acceptors (Lipinski definition) is 2. The van der Waals surface area contributed by atoms with Crippen molar-refractivity contribution in [3.05, 3.63) is 70.8 Å². The number of aliphatic carboxylic acids is 1. The smallest absolute Gasteiger partial charge is 0.416 e. The highest BCUT2D eigenvalue weighted by atomic mass is 19.4. The van der Waals surface area contributed by atoms with E-state index in [1.165, 1.54) is 12.1 Å². The van der Waals surface area contributed by atoms with Crippen molar-refractivity contribution in [2.24, 2.45) is 0 Å². The molecule has 0 saturated carbocycles. The van der Waals surface area contributed by atoms with Crippen LogP contribution in [0.2, 0.25) is 0 Å². The first-order valence-electron chi connectivity index (χ1n) is 8.50. The highest BCUT2D eigenvalue weighted by molar-refractivity contribution is 5.74. The number of nitrogens with zero attached hydrogens (tertiary/aromatic N) is 1. The maximum atomic E-state index is 13.6. The molecule has 1 aliphatic rings. The first kappa shape index (κ1) is 18.5. The van der Waals surface area contributed by atoms with E-state index in [-0.39, 0.29) is 5.56 Å². The van der Waals surface area contributed by atoms with Crippen LogP contribution < -0.4 is 0 Å². The van der Waals surface area contributed by atoms with E-state index in [0.29, 0.717) is 24.9 Å². The summed E-state index contributed by atoms with van der Waals surface area (Å²) in [5.74, 6) is -0.996. The van der Waals surface area contributed by atoms with Crippen LogP contribution in [0.25, 0.3) is 0 Å². The van der Waals surface area contributed by atoms with E-state index in [0.717, 1.165) is 11.6 Å². The van der Waals surface area contributed by atoms with E-state index < -0.39 is 29.8 Å². The molecule has 0 bridgehead atoms. The molecule has 2 aromatic carbocycles. The molecule has 6 heteroatoms. The molecule has 1 N–H and O–H groups in total. The van der Waals surface area contributed by atoms with Crippen LogP contribution in [-0.2, 0) is 11.0 Å². The fraction of sp³-hybridized carbons (Fsp3) is 0.350. The highest BCUT2D eigenvalue weighted by Crippen LogP contribution is 2.41. The molecule has 3 rings (SSSR count). The molecular weight excluding hydrogens is 343 g/mol. The number of rotatable bonds is 4. The van der Waals surface area contributed by atoms with Crippen molar-refractivity contribution in [3.8, 4) is 0 Å². The van der Waals surface area contributed by atoms with Gasteiger partial charge in [0.2, 0.25) is 0 Å². The van der Waals surface area contributed by atoms with Crippen LogP contribution in [0.15, 0.2) is 48.5 Å². The Morgan fingerprint density at radius 2 is 1.92 bits per heavy atom. The van der Waals surface area contributed by atoms with Crippen LogP contribution in [0.4, 0.5) is 13.2 Å². The Morgan fingerprint density at radius 3 is 2.58 bits per heavy atom. The van der Waals surface area contributed by atoms with E-state index in [9.17, 15) is 23.1 Å². The van der Waals surface area contributed by atoms with E-state index >= 15 is 0 Å². The van der Waals surface area contributed by atoms with Gasteiger partial charge in [0.15, 0.2) is 0 Å². The molecule has 1 heterocycles. The number of likely N-dealkylation sites (tertiary alicyclic amines) is 1. The summed E-state index contributed by atoms with van der Waals surface area (Å²) in [4.78, 5) is 13.3. The molecule has 0 amide bonds. The predicted octanol–water partition coefficient (Wildman–Crippen LogP) is 4.65. The third-order valence-electron chi connectivity index (χ3n) is 4.83. The lowest BCUT2D eigenvalue weighted by molar-refractivity contribution is -0.143. The minimum Gasteiger partial charge on any atom is -0.480 e. The first-order chi connectivity index (χ1) is 12.3. The predicted molar refractivity (Wildman–Crippen MR) is 91.8 cm³/mol. The van der Waals surface area contributed by atoms with Crippen molar-refractivity contribution >= 4 is 5.97 Å². The average Bonchev–Trinajstić information content (AvgIpc) is 3.04. The van der Waals surface area contributed by atoms with Gasteiger partial charge in [-0.15, -0.1) is 0 Å². The molecule has 0 spiro atoms. The second-order valence-corrected chi connectivity index (χ2v) is 6.64. The fourth-order valence-corrected chi connectivity index (χ4v) is 3.75. The Balaban J connectivity index is 2.18. The molecule has 0 radical (unpaired) electrons. The molecule has 0 aliphatic carbocycles. The summed E-state index contributed by atoms with van der Waals surface area (Å²) in [6.45, 7) is 2.32. The summed E-state index contributed by atoms with van der Waals surface area (Å²) in [6, 6.07) is 11.2. The monoisotopic (exact) mass is 363 g/mol. The first-order valence-corrected chi connectivity index (χ1v) is 8.50. The largest absolute Gasteiger partial charge is 0.480 e. The van der Waals surface area contributed by atoms with Gasteiger partial charge in [-0.1, -0.05) is 48.0 Å². The normalized spacial score (nSPS) is 19.5. The molecule has 0 aromatic heterocycles. The van der Waals surface area contributed by atoms with Gasteiger partial charge in [-0.25, -0.2) is 0 Å². The number of carboxylic acid groups (broad SMARTS) is 1. The summed E-state index contributed by atoms with van der Waals surface area (Å²) >= 11 is 0. The second-order valence-electron chi connectivity index (χ2n) is 6.64. The molecule has 1 aliphatic heterocycles. The quantitative estimate of drug-likeness (QED) is 0.859. The van der Waals surface area contributed by atoms with Crippen molar-refractivity contribution in [1.29, 1.82) is 0 Å². The maximum Gasteiger partial charge on any atom is 0.416 e. The number of hydrogen-bond donors (Lipinski definition) is 1. The Bertz CT molecular complexity index is 804. The summed E-state index contributed by atoms with van der Waals surface area (Å²) in [5.41, 5.74) is 0.971. The highest BCUT2D eigenvalue weighted by Gasteiger charge is 2.41. The number of carboxylic acids is 1. The van der Waals surface area contributed by atoms with Crippen molar-refractivity contribution < 1.29 is 23.1 Å². The topological polar surface area (TPSA) is 40.5 Å². The minimum absolute atomic E-state index is 0.0961. The molecule has 138 valence electrons. The van der Waals surface area contributed by atoms with E-state index in [1.54, 1.807) is 23.1 Å². The van der Waals surface area contributed by atoms with E-state index in [1.807, 2.05) is 19.1 Å². The van der Waals surface area contributed by atoms with Crippen LogP contribution in [-0.4, -0.2) is 28.6 Å². The van der Waals surface area contributed by atoms with Gasteiger partial charge in [0, 0.05) is 6.54 Å². The Kier molecular flexibility index (Phi) is 5.05. The molecule has 3 nitrogen and oxygen atoms in total. The number of aryl methyl sites for hydroxylation is 1. The summed E-state index contributed by atoms with van der Waals surface area (Å²) in [6.07, 6.45) is -3.42. The van der Waals surface area contributed by atoms with Crippen LogP contribution in [0.5, 0.6) is 0 Å². The molecule has 1 saturated heterocycles. The van der Waals surface area contributed by atoms with Gasteiger partial charge in [-0.3, -0.25) is 9.69 Å². The molecule has 2 aromatic rings. The lowest BCUT2D eigenvalue weighted by atomic mass is 9.91. The van der Waals surface area contributed by atoms with Crippen molar-refractivity contribution in [3.63, 3.8) is 0 Å². The van der Waals surface area contributed by atoms with Gasteiger partial charge in [-0.2, -0.15) is 13.2 Å². The summed E-state index contributed by atoms with van der Waals surface area (Å²) in [5, 5.41) is 9.55. The van der Waals surface area contributed by atoms with Gasteiger partial charge < -0.3 is 5.11 Å². The SMILES string of the molecule is Cc1cccc(C(c2ccccc2C(F)(F)F)N2CCCC2C(=O)O)c1. The molecule has 26 heavy (non-hydrogen) atoms. The molecule has 1 fully saturated rings. The van der Waals surface area contributed by atoms with Crippen LogP contribution in [0.1, 0.15) is 41.1 Å². The minimum atomic E-state index is -4.50. The van der Waals surface area contributed by atoms with Crippen molar-refractivity contribution in [2.75, 3.05) is 6.54 Å². The van der Waals surface area contributed by atoms with Crippen LogP contribution in [0.3, 0.4) is 0 Å². The average molecular weight is 363 g/mol. The molecule has 2 unspecified atom stereocenters. The number of halogens is 3. The summed E-state index contributed by atoms with van der Waals surface area (Å²) in [7, 11) is 0. The van der Waals surface area contributed by atoms with Crippen molar-refractivity contribution in [2.45, 2.75) is 38.0 Å². The molecular formula is C20H20F3NO2. The lowest BCUT2D eigenvalue weighted by Crippen LogP contribution is -2.40. The number of carbonyl (C=O) groups is 1. The van der Waals surface area contributed by atoms with Crippen LogP contribution >= 0.6 is 0 Å². The second kappa shape index (κ2) is 7.11. The van der Waals surface area contributed by atoms with Gasteiger partial charge in [0.05, 0.1) is 11.6 Å². The van der Waals surface area contributed by atoms with E-state index in [4.69, 9.17) is 0 Å². The van der Waals surface area contributed by atoms with Gasteiger partial charge >= 0.3 is 12.1 Å². The maximum absolute atomic E-state index is 13.6. The lowest BCUT2D eigenvalue weighted by Gasteiger charge is -2.33. The Morgan fingerprint density at radius 1 is 1.19 bits per heavy atom. The summed E-state index contributed by atoms with van der Waals surface area (Å²) < 4.78 is 40.8. The van der Waals surface area contributed by atoms with Crippen molar-refractivity contribution in [1.82, 2.24) is 4.90 Å². The van der Waals surface area contributed by atoms with E-state index in [2.05, 4.69) is 0 Å². The third kappa shape index (κ3) is 3.60. The van der Waals surface area contributed by atoms with Gasteiger partial charge in [-0.05, 0) is 37.0 Å². The van der Waals surface area contributed by atoms with Crippen LogP contribution in [0, 0.1) is 6.92 Å². The zero-order valence-corrected chi connectivity index (χ0v) is 14.3. The van der Waals surface area contributed by atoms with Gasteiger partial charge in [0.1, 0.15) is 6.04 Å².